The molecule has 0 heterocycles. The summed E-state index contributed by atoms with van der Waals surface area (Å²) in [4.78, 5) is 10.5. The topological polar surface area (TPSA) is 61.6 Å². The predicted octanol–water partition coefficient (Wildman–Crippen LogP) is 4.92. The first-order valence-electron chi connectivity index (χ1n) is 5.46. The molecule has 0 atom stereocenters. The van der Waals surface area contributed by atoms with Crippen LogP contribution in [0.4, 0.5) is 5.69 Å². The van der Waals surface area contributed by atoms with Crippen molar-refractivity contribution in [2.24, 2.45) is 0 Å². The van der Waals surface area contributed by atoms with Gasteiger partial charge in [-0.15, -0.1) is 0 Å². The van der Waals surface area contributed by atoms with Gasteiger partial charge >= 0.3 is 5.69 Å². The molecular formula is C13H9Br2NO4. The molecule has 0 radical (unpaired) electrons. The number of methoxy groups -OCH3 is 1. The highest BCUT2D eigenvalue weighted by Crippen LogP contribution is 2.37. The van der Waals surface area contributed by atoms with Crippen LogP contribution in [0.15, 0.2) is 45.3 Å². The molecule has 0 aliphatic carbocycles. The fourth-order valence-corrected chi connectivity index (χ4v) is 2.31. The number of rotatable bonds is 4. The van der Waals surface area contributed by atoms with E-state index >= 15 is 0 Å². The normalized spacial score (nSPS) is 10.2. The average molecular weight is 403 g/mol. The van der Waals surface area contributed by atoms with Gasteiger partial charge < -0.3 is 9.47 Å². The van der Waals surface area contributed by atoms with E-state index in [1.165, 1.54) is 6.07 Å². The first kappa shape index (κ1) is 14.8. The Bertz CT molecular complexity index is 661. The Morgan fingerprint density at radius 1 is 1.10 bits per heavy atom. The van der Waals surface area contributed by atoms with E-state index in [1.54, 1.807) is 37.4 Å². The number of hydrogen-bond donors (Lipinski definition) is 0. The van der Waals surface area contributed by atoms with E-state index < -0.39 is 4.92 Å². The summed E-state index contributed by atoms with van der Waals surface area (Å²) in [5, 5.41) is 11.0. The molecule has 0 N–H and O–H groups in total. The van der Waals surface area contributed by atoms with Crippen molar-refractivity contribution in [1.29, 1.82) is 0 Å². The summed E-state index contributed by atoms with van der Waals surface area (Å²) < 4.78 is 12.0. The summed E-state index contributed by atoms with van der Waals surface area (Å²) >= 11 is 6.60. The van der Waals surface area contributed by atoms with Gasteiger partial charge in [0.1, 0.15) is 11.5 Å². The first-order chi connectivity index (χ1) is 9.51. The second-order valence-corrected chi connectivity index (χ2v) is 5.54. The molecule has 0 bridgehead atoms. The lowest BCUT2D eigenvalue weighted by molar-refractivity contribution is -0.385. The van der Waals surface area contributed by atoms with Gasteiger partial charge in [-0.1, -0.05) is 15.9 Å². The molecule has 104 valence electrons. The molecule has 0 unspecified atom stereocenters. The molecule has 0 aliphatic heterocycles. The number of halogens is 2. The second kappa shape index (κ2) is 6.23. The van der Waals surface area contributed by atoms with Gasteiger partial charge in [0.15, 0.2) is 0 Å². The largest absolute Gasteiger partial charge is 0.497 e. The van der Waals surface area contributed by atoms with E-state index in [0.29, 0.717) is 20.4 Å². The van der Waals surface area contributed by atoms with E-state index in [1.807, 2.05) is 0 Å². The van der Waals surface area contributed by atoms with Crippen LogP contribution in [-0.4, -0.2) is 12.0 Å². The number of nitro groups is 1. The van der Waals surface area contributed by atoms with Crippen molar-refractivity contribution in [3.63, 3.8) is 0 Å². The van der Waals surface area contributed by atoms with Crippen molar-refractivity contribution in [3.8, 4) is 17.2 Å². The Kier molecular flexibility index (Phi) is 4.61. The molecule has 0 spiro atoms. The van der Waals surface area contributed by atoms with Gasteiger partial charge in [0.05, 0.1) is 16.5 Å². The van der Waals surface area contributed by atoms with Gasteiger partial charge in [-0.3, -0.25) is 10.1 Å². The molecular weight excluding hydrogens is 394 g/mol. The number of nitro benzene ring substituents is 1. The van der Waals surface area contributed by atoms with E-state index in [2.05, 4.69) is 31.9 Å². The molecule has 0 saturated carbocycles. The Morgan fingerprint density at radius 3 is 2.45 bits per heavy atom. The van der Waals surface area contributed by atoms with Crippen molar-refractivity contribution >= 4 is 37.5 Å². The van der Waals surface area contributed by atoms with Gasteiger partial charge in [0.2, 0.25) is 5.75 Å². The van der Waals surface area contributed by atoms with Gasteiger partial charge in [-0.25, -0.2) is 0 Å². The summed E-state index contributed by atoms with van der Waals surface area (Å²) in [6, 6.07) is 9.64. The van der Waals surface area contributed by atoms with Gasteiger partial charge in [-0.05, 0) is 40.2 Å². The zero-order valence-corrected chi connectivity index (χ0v) is 13.5. The van der Waals surface area contributed by atoms with Crippen LogP contribution in [0.3, 0.4) is 0 Å². The summed E-state index contributed by atoms with van der Waals surface area (Å²) in [5.74, 6) is 1.29. The fraction of sp³-hybridized carbons (Fsp3) is 0.0769. The zero-order valence-electron chi connectivity index (χ0n) is 10.3. The summed E-state index contributed by atoms with van der Waals surface area (Å²) in [7, 11) is 1.56. The highest BCUT2D eigenvalue weighted by molar-refractivity contribution is 9.10. The lowest BCUT2D eigenvalue weighted by Gasteiger charge is -2.09. The van der Waals surface area contributed by atoms with Crippen LogP contribution in [0, 0.1) is 10.1 Å². The maximum Gasteiger partial charge on any atom is 0.311 e. The molecule has 5 nitrogen and oxygen atoms in total. The summed E-state index contributed by atoms with van der Waals surface area (Å²) in [6.07, 6.45) is 0. The lowest BCUT2D eigenvalue weighted by atomic mass is 10.3. The van der Waals surface area contributed by atoms with Crippen LogP contribution in [0.1, 0.15) is 0 Å². The van der Waals surface area contributed by atoms with E-state index in [4.69, 9.17) is 9.47 Å². The lowest BCUT2D eigenvalue weighted by Crippen LogP contribution is -1.94. The maximum absolute atomic E-state index is 11.0. The van der Waals surface area contributed by atoms with Crippen molar-refractivity contribution in [2.45, 2.75) is 0 Å². The minimum atomic E-state index is -0.487. The minimum Gasteiger partial charge on any atom is -0.497 e. The molecule has 7 heteroatoms. The van der Waals surface area contributed by atoms with Crippen molar-refractivity contribution in [1.82, 2.24) is 0 Å². The highest BCUT2D eigenvalue weighted by atomic mass is 79.9. The van der Waals surface area contributed by atoms with E-state index in [-0.39, 0.29) is 11.4 Å². The monoisotopic (exact) mass is 401 g/mol. The molecule has 2 rings (SSSR count). The fourth-order valence-electron chi connectivity index (χ4n) is 1.53. The smallest absolute Gasteiger partial charge is 0.311 e. The second-order valence-electron chi connectivity index (χ2n) is 3.77. The quantitative estimate of drug-likeness (QED) is 0.537. The minimum absolute atomic E-state index is 0.101. The third-order valence-electron chi connectivity index (χ3n) is 2.48. The number of hydrogen-bond acceptors (Lipinski definition) is 4. The number of nitrogens with zero attached hydrogens (tertiary/aromatic N) is 1. The number of ether oxygens (including phenoxy) is 2. The third-order valence-corrected chi connectivity index (χ3v) is 3.59. The SMILES string of the molecule is COc1ccc(Oc2cc(Br)ccc2[N+](=O)[O-])c(Br)c1. The molecule has 2 aromatic carbocycles. The molecule has 0 aromatic heterocycles. The van der Waals surface area contributed by atoms with Crippen LogP contribution in [0.2, 0.25) is 0 Å². The van der Waals surface area contributed by atoms with E-state index in [9.17, 15) is 10.1 Å². The Balaban J connectivity index is 2.39. The van der Waals surface area contributed by atoms with Gasteiger partial charge in [0.25, 0.3) is 0 Å². The van der Waals surface area contributed by atoms with Crippen LogP contribution in [-0.2, 0) is 0 Å². The van der Waals surface area contributed by atoms with Crippen LogP contribution in [0.25, 0.3) is 0 Å². The maximum atomic E-state index is 11.0. The average Bonchev–Trinajstić information content (AvgIpc) is 2.40. The van der Waals surface area contributed by atoms with Gasteiger partial charge in [0, 0.05) is 16.6 Å². The van der Waals surface area contributed by atoms with E-state index in [0.717, 1.165) is 0 Å². The molecule has 0 aliphatic rings. The Labute approximate surface area is 131 Å². The molecule has 0 amide bonds. The van der Waals surface area contributed by atoms with Crippen LogP contribution in [0.5, 0.6) is 17.2 Å². The predicted molar refractivity (Wildman–Crippen MR) is 81.6 cm³/mol. The van der Waals surface area contributed by atoms with Gasteiger partial charge in [-0.2, -0.15) is 0 Å². The highest BCUT2D eigenvalue weighted by Gasteiger charge is 2.17. The molecule has 0 saturated heterocycles. The standard InChI is InChI=1S/C13H9Br2NO4/c1-19-9-3-5-12(10(15)7-9)20-13-6-8(14)2-4-11(13)16(17)18/h2-7H,1H3. The van der Waals surface area contributed by atoms with Crippen molar-refractivity contribution in [3.05, 3.63) is 55.5 Å². The van der Waals surface area contributed by atoms with Crippen LogP contribution < -0.4 is 9.47 Å². The van der Waals surface area contributed by atoms with Crippen molar-refractivity contribution < 1.29 is 14.4 Å². The first-order valence-corrected chi connectivity index (χ1v) is 7.05. The molecule has 0 fully saturated rings. The Morgan fingerprint density at radius 2 is 1.85 bits per heavy atom. The third kappa shape index (κ3) is 3.29. The summed E-state index contributed by atoms with van der Waals surface area (Å²) in [6.45, 7) is 0. The molecule has 2 aromatic rings. The number of benzene rings is 2. The Hall–Kier alpha value is -1.60. The summed E-state index contributed by atoms with van der Waals surface area (Å²) in [5.41, 5.74) is -0.101. The molecule has 20 heavy (non-hydrogen) atoms. The van der Waals surface area contributed by atoms with Crippen LogP contribution >= 0.6 is 31.9 Å². The van der Waals surface area contributed by atoms with Crippen molar-refractivity contribution in [2.75, 3.05) is 7.11 Å². The zero-order chi connectivity index (χ0) is 14.7.